The van der Waals surface area contributed by atoms with Crippen LogP contribution in [0.5, 0.6) is 5.75 Å². The van der Waals surface area contributed by atoms with Crippen molar-refractivity contribution in [3.05, 3.63) is 48.8 Å². The van der Waals surface area contributed by atoms with Crippen molar-refractivity contribution >= 4 is 17.9 Å². The van der Waals surface area contributed by atoms with E-state index in [0.717, 1.165) is 11.1 Å². The molecule has 10 heteroatoms. The summed E-state index contributed by atoms with van der Waals surface area (Å²) in [6, 6.07) is 11.4. The number of aliphatic hydroxyl groups is 2. The Morgan fingerprint density at radius 3 is 2.00 bits per heavy atom. The number of nitrogens with zero attached hydrogens (tertiary/aromatic N) is 1. The fourth-order valence-electron chi connectivity index (χ4n) is 2.12. The maximum atomic E-state index is 11.6. The summed E-state index contributed by atoms with van der Waals surface area (Å²) in [4.78, 5) is 35.3. The monoisotopic (exact) mass is 421 g/mol. The minimum absolute atomic E-state index is 0.413. The lowest BCUT2D eigenvalue weighted by Gasteiger charge is -2.23. The van der Waals surface area contributed by atoms with E-state index in [-0.39, 0.29) is 0 Å². The summed E-state index contributed by atoms with van der Waals surface area (Å²) in [6.07, 6.45) is -1.02. The molecule has 0 fully saturated rings. The summed E-state index contributed by atoms with van der Waals surface area (Å²) in [6.45, 7) is 3.35. The number of methoxy groups -OCH3 is 1. The van der Waals surface area contributed by atoms with Gasteiger partial charge in [-0.15, -0.1) is 0 Å². The Balaban J connectivity index is 0.000000382. The smallest absolute Gasteiger partial charge is 0.349 e. The molecule has 2 rings (SSSR count). The predicted octanol–water partition coefficient (Wildman–Crippen LogP) is 0.956. The molecule has 162 valence electrons. The molecular formula is C20H23NO9. The van der Waals surface area contributed by atoms with E-state index in [1.807, 2.05) is 36.4 Å². The second-order valence-corrected chi connectivity index (χ2v) is 6.44. The molecule has 0 saturated heterocycles. The molecule has 2 aromatic rings. The molecule has 0 bridgehead atoms. The van der Waals surface area contributed by atoms with Crippen LogP contribution >= 0.6 is 0 Å². The van der Waals surface area contributed by atoms with Crippen LogP contribution in [0.2, 0.25) is 0 Å². The number of aromatic nitrogens is 1. The summed E-state index contributed by atoms with van der Waals surface area (Å²) >= 11 is 0. The molecule has 30 heavy (non-hydrogen) atoms. The van der Waals surface area contributed by atoms with Gasteiger partial charge in [-0.05, 0) is 37.6 Å². The average molecular weight is 421 g/mol. The predicted molar refractivity (Wildman–Crippen MR) is 104 cm³/mol. The van der Waals surface area contributed by atoms with Crippen LogP contribution in [-0.2, 0) is 19.1 Å². The van der Waals surface area contributed by atoms with Crippen molar-refractivity contribution in [3.63, 3.8) is 0 Å². The molecule has 0 spiro atoms. The van der Waals surface area contributed by atoms with Gasteiger partial charge in [0.1, 0.15) is 5.75 Å². The maximum Gasteiger partial charge on any atom is 0.349 e. The van der Waals surface area contributed by atoms with E-state index in [1.165, 1.54) is 7.11 Å². The molecule has 2 atom stereocenters. The van der Waals surface area contributed by atoms with Crippen molar-refractivity contribution in [2.45, 2.75) is 31.7 Å². The first kappa shape index (κ1) is 24.5. The van der Waals surface area contributed by atoms with E-state index >= 15 is 0 Å². The molecule has 4 N–H and O–H groups in total. The number of carbonyl (C=O) groups excluding carboxylic acids is 1. The van der Waals surface area contributed by atoms with Crippen LogP contribution in [-0.4, -0.2) is 68.2 Å². The fourth-order valence-corrected chi connectivity index (χ4v) is 2.12. The third-order valence-electron chi connectivity index (χ3n) is 3.68. The average Bonchev–Trinajstić information content (AvgIpc) is 2.72. The largest absolute Gasteiger partial charge is 0.479 e. The van der Waals surface area contributed by atoms with Gasteiger partial charge in [-0.3, -0.25) is 4.98 Å². The highest BCUT2D eigenvalue weighted by Crippen LogP contribution is 2.26. The zero-order valence-corrected chi connectivity index (χ0v) is 16.6. The number of carbonyl (C=O) groups is 3. The van der Waals surface area contributed by atoms with Crippen LogP contribution in [0.15, 0.2) is 48.8 Å². The Morgan fingerprint density at radius 1 is 0.967 bits per heavy atom. The number of hydrogen-bond donors (Lipinski definition) is 4. The van der Waals surface area contributed by atoms with Crippen molar-refractivity contribution in [1.82, 2.24) is 4.98 Å². The summed E-state index contributed by atoms with van der Waals surface area (Å²) in [7, 11) is 1.35. The number of carboxylic acid groups (broad SMARTS) is 2. The van der Waals surface area contributed by atoms with Gasteiger partial charge in [-0.1, -0.05) is 18.2 Å². The van der Waals surface area contributed by atoms with Gasteiger partial charge < -0.3 is 29.9 Å². The highest BCUT2D eigenvalue weighted by molar-refractivity contribution is 5.83. The first-order chi connectivity index (χ1) is 14.0. The molecule has 0 saturated carbocycles. The minimum atomic E-state index is -2.27. The number of benzene rings is 1. The third kappa shape index (κ3) is 7.15. The first-order valence-electron chi connectivity index (χ1n) is 8.59. The third-order valence-corrected chi connectivity index (χ3v) is 3.68. The van der Waals surface area contributed by atoms with E-state index < -0.39 is 35.7 Å². The standard InChI is InChI=1S/C16H17NO3.C4H6O6/c1-16(2,15(18)19-3)20-14-8-4-6-12(10-14)13-7-5-9-17-11-13;5-1(3(7)8)2(6)4(9)10/h4-11H,1-3H3;1-2,5-6H,(H,7,8)(H,9,10)/t;1-,2-/m.1/s1. The van der Waals surface area contributed by atoms with Gasteiger partial charge >= 0.3 is 17.9 Å². The zero-order chi connectivity index (χ0) is 22.9. The Morgan fingerprint density at radius 2 is 1.53 bits per heavy atom. The topological polar surface area (TPSA) is 163 Å². The second kappa shape index (κ2) is 10.9. The minimum Gasteiger partial charge on any atom is -0.479 e. The van der Waals surface area contributed by atoms with Crippen molar-refractivity contribution in [3.8, 4) is 16.9 Å². The van der Waals surface area contributed by atoms with Crippen molar-refractivity contribution in [2.75, 3.05) is 7.11 Å². The number of esters is 1. The first-order valence-corrected chi connectivity index (χ1v) is 8.59. The fraction of sp³-hybridized carbons (Fsp3) is 0.300. The number of pyridine rings is 1. The van der Waals surface area contributed by atoms with Crippen LogP contribution in [0.25, 0.3) is 11.1 Å². The molecule has 1 heterocycles. The summed E-state index contributed by atoms with van der Waals surface area (Å²) in [5, 5.41) is 32.5. The summed E-state index contributed by atoms with van der Waals surface area (Å²) < 4.78 is 10.4. The van der Waals surface area contributed by atoms with Gasteiger partial charge in [0.25, 0.3) is 0 Å². The van der Waals surface area contributed by atoms with Crippen LogP contribution in [0.1, 0.15) is 13.8 Å². The number of aliphatic hydroxyl groups excluding tert-OH is 2. The SMILES string of the molecule is COC(=O)C(C)(C)Oc1cccc(-c2cccnc2)c1.O=C(O)[C@H](O)[C@@H](O)C(=O)O. The van der Waals surface area contributed by atoms with Crippen molar-refractivity contribution in [2.24, 2.45) is 0 Å². The van der Waals surface area contributed by atoms with E-state index in [4.69, 9.17) is 29.9 Å². The zero-order valence-electron chi connectivity index (χ0n) is 16.6. The van der Waals surface area contributed by atoms with Gasteiger partial charge in [0.15, 0.2) is 17.8 Å². The van der Waals surface area contributed by atoms with Crippen LogP contribution in [0.3, 0.4) is 0 Å². The Kier molecular flexibility index (Phi) is 8.90. The second-order valence-electron chi connectivity index (χ2n) is 6.44. The number of ether oxygens (including phenoxy) is 2. The van der Waals surface area contributed by atoms with E-state index in [2.05, 4.69) is 4.98 Å². The lowest BCUT2D eigenvalue weighted by Crippen LogP contribution is -2.39. The quantitative estimate of drug-likeness (QED) is 0.473. The van der Waals surface area contributed by atoms with Crippen LogP contribution < -0.4 is 4.74 Å². The van der Waals surface area contributed by atoms with Gasteiger partial charge in [0, 0.05) is 18.0 Å². The van der Waals surface area contributed by atoms with Crippen LogP contribution in [0.4, 0.5) is 0 Å². The van der Waals surface area contributed by atoms with Gasteiger partial charge in [-0.2, -0.15) is 0 Å². The summed E-state index contributed by atoms with van der Waals surface area (Å²) in [5.74, 6) is -3.34. The van der Waals surface area contributed by atoms with Crippen molar-refractivity contribution < 1.29 is 44.3 Å². The molecule has 0 unspecified atom stereocenters. The highest BCUT2D eigenvalue weighted by Gasteiger charge is 2.31. The normalized spacial score (nSPS) is 12.6. The molecular weight excluding hydrogens is 398 g/mol. The van der Waals surface area contributed by atoms with E-state index in [1.54, 1.807) is 26.2 Å². The number of rotatable bonds is 7. The van der Waals surface area contributed by atoms with Gasteiger partial charge in [0.2, 0.25) is 0 Å². The number of hydrogen-bond acceptors (Lipinski definition) is 8. The molecule has 0 aliphatic heterocycles. The lowest BCUT2D eigenvalue weighted by atomic mass is 10.1. The highest BCUT2D eigenvalue weighted by atomic mass is 16.6. The number of aliphatic carboxylic acids is 2. The molecule has 1 aromatic carbocycles. The summed E-state index contributed by atoms with van der Waals surface area (Å²) in [5.41, 5.74) is 0.951. The van der Waals surface area contributed by atoms with Crippen LogP contribution in [0, 0.1) is 0 Å². The molecule has 1 aromatic heterocycles. The van der Waals surface area contributed by atoms with E-state index in [9.17, 15) is 14.4 Å². The van der Waals surface area contributed by atoms with Gasteiger partial charge in [0.05, 0.1) is 7.11 Å². The van der Waals surface area contributed by atoms with E-state index in [0.29, 0.717) is 5.75 Å². The van der Waals surface area contributed by atoms with Gasteiger partial charge in [-0.25, -0.2) is 14.4 Å². The van der Waals surface area contributed by atoms with Crippen molar-refractivity contribution in [1.29, 1.82) is 0 Å². The number of carboxylic acids is 2. The Hall–Kier alpha value is -3.50. The molecule has 0 aliphatic rings. The molecule has 0 amide bonds. The molecule has 0 aliphatic carbocycles. The lowest BCUT2D eigenvalue weighted by molar-refractivity contribution is -0.165. The Labute approximate surface area is 172 Å². The molecule has 0 radical (unpaired) electrons. The Bertz CT molecular complexity index is 850. The molecule has 10 nitrogen and oxygen atoms in total. The maximum absolute atomic E-state index is 11.6.